The van der Waals surface area contributed by atoms with Crippen LogP contribution in [0.4, 0.5) is 0 Å². The van der Waals surface area contributed by atoms with Crippen molar-refractivity contribution in [1.82, 2.24) is 9.97 Å². The van der Waals surface area contributed by atoms with Crippen molar-refractivity contribution >= 4 is 33.7 Å². The summed E-state index contributed by atoms with van der Waals surface area (Å²) in [6, 6.07) is 21.3. The zero-order valence-electron chi connectivity index (χ0n) is 23.9. The van der Waals surface area contributed by atoms with Gasteiger partial charge in [0, 0.05) is 36.0 Å². The highest BCUT2D eigenvalue weighted by Gasteiger charge is 2.12. The molecular weight excluding hydrogens is 520 g/mol. The van der Waals surface area contributed by atoms with E-state index in [2.05, 4.69) is 21.6 Å². The number of aryl methyl sites for hydroxylation is 4. The third-order valence-corrected chi connectivity index (χ3v) is 7.14. The minimum absolute atomic E-state index is 0. The Balaban J connectivity index is 0.000000302. The van der Waals surface area contributed by atoms with Crippen LogP contribution in [0.1, 0.15) is 43.8 Å². The zero-order chi connectivity index (χ0) is 29.4. The number of nitrogens with one attached hydrogen (secondary N) is 2. The topological polar surface area (TPSA) is 114 Å². The van der Waals surface area contributed by atoms with Crippen molar-refractivity contribution in [1.29, 1.82) is 0 Å². The van der Waals surface area contributed by atoms with Gasteiger partial charge in [0.05, 0.1) is 27.1 Å². The lowest BCUT2D eigenvalue weighted by Crippen LogP contribution is -2.02. The largest absolute Gasteiger partial charge is 0.508 e. The number of rotatable bonds is 9. The van der Waals surface area contributed by atoms with Crippen LogP contribution in [0.15, 0.2) is 66.7 Å². The molecule has 0 amide bonds. The summed E-state index contributed by atoms with van der Waals surface area (Å²) in [4.78, 5) is 29.1. The third-order valence-electron chi connectivity index (χ3n) is 7.14. The Morgan fingerprint density at radius 2 is 1.29 bits per heavy atom. The number of phenolic OH excluding ortho intramolecular Hbond substituents is 1. The number of hydrogen-bond donors (Lipinski definition) is 3. The molecule has 0 saturated heterocycles. The van der Waals surface area contributed by atoms with Gasteiger partial charge in [0.2, 0.25) is 0 Å². The van der Waals surface area contributed by atoms with E-state index in [1.807, 2.05) is 61.5 Å². The maximum atomic E-state index is 11.3. The van der Waals surface area contributed by atoms with Gasteiger partial charge in [0.25, 0.3) is 0 Å². The van der Waals surface area contributed by atoms with Gasteiger partial charge >= 0.3 is 11.9 Å². The van der Waals surface area contributed by atoms with Gasteiger partial charge in [-0.3, -0.25) is 9.59 Å². The second kappa shape index (κ2) is 13.6. The maximum Gasteiger partial charge on any atom is 0.305 e. The molecule has 0 spiro atoms. The second-order valence-electron chi connectivity index (χ2n) is 9.82. The van der Waals surface area contributed by atoms with Crippen molar-refractivity contribution in [2.24, 2.45) is 0 Å². The number of carbonyl (C=O) groups excluding carboxylic acids is 2. The molecule has 41 heavy (non-hydrogen) atoms. The molecule has 0 unspecified atom stereocenters. The van der Waals surface area contributed by atoms with E-state index in [4.69, 9.17) is 9.47 Å². The molecule has 0 fully saturated rings. The molecule has 2 aromatic heterocycles. The molecular formula is C33H40N2O6. The molecule has 3 N–H and O–H groups in total. The number of fused-ring (bicyclic) bond motifs is 2. The Kier molecular flexibility index (Phi) is 9.68. The fourth-order valence-corrected chi connectivity index (χ4v) is 4.72. The van der Waals surface area contributed by atoms with E-state index in [1.54, 1.807) is 12.1 Å². The van der Waals surface area contributed by atoms with E-state index < -0.39 is 0 Å². The lowest BCUT2D eigenvalue weighted by molar-refractivity contribution is -0.141. The molecule has 3 aromatic carbocycles. The monoisotopic (exact) mass is 560 g/mol. The fraction of sp³-hybridized carbons (Fsp3) is 0.273. The number of hydrogen-bond acceptors (Lipinski definition) is 6. The van der Waals surface area contributed by atoms with Gasteiger partial charge in [-0.15, -0.1) is 0 Å². The van der Waals surface area contributed by atoms with Crippen LogP contribution in [0.3, 0.4) is 0 Å². The van der Waals surface area contributed by atoms with Crippen molar-refractivity contribution in [2.45, 2.75) is 46.1 Å². The summed E-state index contributed by atoms with van der Waals surface area (Å²) in [5.41, 5.74) is 7.47. The van der Waals surface area contributed by atoms with E-state index in [0.717, 1.165) is 55.6 Å². The van der Waals surface area contributed by atoms with Gasteiger partial charge in [-0.1, -0.05) is 30.3 Å². The predicted octanol–water partition coefficient (Wildman–Crippen LogP) is 6.94. The van der Waals surface area contributed by atoms with E-state index in [0.29, 0.717) is 32.3 Å². The average molecular weight is 561 g/mol. The van der Waals surface area contributed by atoms with Crippen molar-refractivity contribution in [2.75, 3.05) is 14.2 Å². The average Bonchev–Trinajstić information content (AvgIpc) is 3.49. The Labute approximate surface area is 242 Å². The standard InChI is InChI=1S/C20H21NO3.C13H15NO3.2H2/c1-14-17-12-16(24-13-15-6-4-3-5-7-15)8-9-19(17)21-18(14)10-11-20(22)23-2;1-8-10-7-9(15)3-4-12(10)14-11(8)5-6-13(16)17-2;;/h3-9,12,21H,10-11,13H2,1-2H3;3-4,7,14-15H,5-6H2,1-2H3;2*1H. The highest BCUT2D eigenvalue weighted by molar-refractivity contribution is 5.86. The quantitative estimate of drug-likeness (QED) is 0.168. The molecule has 8 nitrogen and oxygen atoms in total. The number of H-pyrrole nitrogens is 2. The molecule has 8 heteroatoms. The number of esters is 2. The smallest absolute Gasteiger partial charge is 0.305 e. The summed E-state index contributed by atoms with van der Waals surface area (Å²) in [6.45, 7) is 4.59. The number of ether oxygens (including phenoxy) is 3. The molecule has 0 radical (unpaired) electrons. The molecule has 0 aliphatic heterocycles. The number of methoxy groups -OCH3 is 2. The summed E-state index contributed by atoms with van der Waals surface area (Å²) in [5.74, 6) is 0.679. The normalized spacial score (nSPS) is 10.7. The first kappa shape index (κ1) is 29.3. The van der Waals surface area contributed by atoms with Crippen LogP contribution in [0.5, 0.6) is 11.5 Å². The first-order chi connectivity index (χ1) is 19.8. The van der Waals surface area contributed by atoms with E-state index in [-0.39, 0.29) is 20.5 Å². The van der Waals surface area contributed by atoms with Crippen LogP contribution in [0.2, 0.25) is 0 Å². The van der Waals surface area contributed by atoms with Crippen molar-refractivity contribution < 1.29 is 31.8 Å². The number of aromatic hydroxyl groups is 1. The molecule has 0 aliphatic carbocycles. The summed E-state index contributed by atoms with van der Waals surface area (Å²) < 4.78 is 15.2. The third kappa shape index (κ3) is 7.48. The minimum Gasteiger partial charge on any atom is -0.508 e. The van der Waals surface area contributed by atoms with Crippen LogP contribution < -0.4 is 4.74 Å². The fourth-order valence-electron chi connectivity index (χ4n) is 4.72. The van der Waals surface area contributed by atoms with Crippen LogP contribution >= 0.6 is 0 Å². The number of aromatic nitrogens is 2. The summed E-state index contributed by atoms with van der Waals surface area (Å²) in [6.07, 6.45) is 2.00. The molecule has 0 aliphatic rings. The molecule has 5 rings (SSSR count). The predicted molar refractivity (Wildman–Crippen MR) is 163 cm³/mol. The van der Waals surface area contributed by atoms with Gasteiger partial charge in [0.15, 0.2) is 0 Å². The van der Waals surface area contributed by atoms with Crippen molar-refractivity contribution in [3.8, 4) is 11.5 Å². The van der Waals surface area contributed by atoms with Crippen LogP contribution in [-0.4, -0.2) is 41.2 Å². The van der Waals surface area contributed by atoms with Gasteiger partial charge in [-0.25, -0.2) is 0 Å². The molecule has 2 heterocycles. The number of benzene rings is 3. The lowest BCUT2D eigenvalue weighted by Gasteiger charge is -2.06. The van der Waals surface area contributed by atoms with Crippen molar-refractivity contribution in [3.63, 3.8) is 0 Å². The van der Waals surface area contributed by atoms with E-state index in [1.165, 1.54) is 14.2 Å². The SMILES string of the molecule is COC(=O)CCc1[nH]c2ccc(O)cc2c1C.COC(=O)CCc1[nH]c2ccc(OCc3ccccc3)cc2c1C.[HH].[HH]. The summed E-state index contributed by atoms with van der Waals surface area (Å²) in [7, 11) is 2.80. The Morgan fingerprint density at radius 3 is 1.85 bits per heavy atom. The maximum absolute atomic E-state index is 11.3. The highest BCUT2D eigenvalue weighted by atomic mass is 16.5. The van der Waals surface area contributed by atoms with Crippen LogP contribution in [-0.2, 0) is 38.5 Å². The van der Waals surface area contributed by atoms with Gasteiger partial charge in [0.1, 0.15) is 18.1 Å². The number of carbonyl (C=O) groups is 2. The Hall–Kier alpha value is -4.72. The molecule has 0 atom stereocenters. The minimum atomic E-state index is -0.217. The van der Waals surface area contributed by atoms with Gasteiger partial charge in [-0.2, -0.15) is 0 Å². The molecule has 0 bridgehead atoms. The van der Waals surface area contributed by atoms with E-state index >= 15 is 0 Å². The van der Waals surface area contributed by atoms with Crippen molar-refractivity contribution in [3.05, 3.63) is 94.8 Å². The summed E-state index contributed by atoms with van der Waals surface area (Å²) >= 11 is 0. The Bertz CT molecular complexity index is 1650. The number of phenols is 1. The van der Waals surface area contributed by atoms with Gasteiger partial charge in [-0.05, 0) is 79.8 Å². The zero-order valence-corrected chi connectivity index (χ0v) is 23.9. The Morgan fingerprint density at radius 1 is 0.756 bits per heavy atom. The van der Waals surface area contributed by atoms with Gasteiger partial charge < -0.3 is 29.3 Å². The highest BCUT2D eigenvalue weighted by Crippen LogP contribution is 2.28. The first-order valence-electron chi connectivity index (χ1n) is 13.5. The van der Waals surface area contributed by atoms with Crippen LogP contribution in [0.25, 0.3) is 21.8 Å². The number of aromatic amines is 2. The van der Waals surface area contributed by atoms with Crippen LogP contribution in [0, 0.1) is 13.8 Å². The molecule has 5 aromatic rings. The summed E-state index contributed by atoms with van der Waals surface area (Å²) in [5, 5.41) is 11.5. The second-order valence-corrected chi connectivity index (χ2v) is 9.82. The molecule has 218 valence electrons. The molecule has 0 saturated carbocycles. The van der Waals surface area contributed by atoms with E-state index in [9.17, 15) is 14.7 Å². The first-order valence-corrected chi connectivity index (χ1v) is 13.5. The lowest BCUT2D eigenvalue weighted by atomic mass is 10.1.